The molecule has 0 radical (unpaired) electrons. The first-order valence-electron chi connectivity index (χ1n) is 4.34. The van der Waals surface area contributed by atoms with E-state index in [1.807, 2.05) is 13.8 Å². The molecule has 80 valence electrons. The molecule has 0 spiro atoms. The van der Waals surface area contributed by atoms with E-state index in [9.17, 15) is 4.79 Å². The van der Waals surface area contributed by atoms with Gasteiger partial charge in [0.05, 0.1) is 6.42 Å². The van der Waals surface area contributed by atoms with E-state index in [-0.39, 0.29) is 24.7 Å². The summed E-state index contributed by atoms with van der Waals surface area (Å²) in [6.07, 6.45) is 1.19. The van der Waals surface area contributed by atoms with Crippen molar-refractivity contribution in [3.05, 3.63) is 0 Å². The van der Waals surface area contributed by atoms with Crippen molar-refractivity contribution in [2.75, 3.05) is 0 Å². The highest BCUT2D eigenvalue weighted by molar-refractivity contribution is 5.67. The summed E-state index contributed by atoms with van der Waals surface area (Å²) < 4.78 is 0. The van der Waals surface area contributed by atoms with Crippen LogP contribution >= 0.6 is 0 Å². The lowest BCUT2D eigenvalue weighted by Gasteiger charge is -2.30. The van der Waals surface area contributed by atoms with Gasteiger partial charge in [-0.2, -0.15) is 0 Å². The quantitative estimate of drug-likeness (QED) is 0.735. The number of carboxylic acids is 1. The van der Waals surface area contributed by atoms with Gasteiger partial charge in [-0.05, 0) is 17.3 Å². The maximum Gasteiger partial charge on any atom is 0.303 e. The molecule has 0 rings (SSSR count). The number of aliphatic carboxylic acids is 1. The zero-order valence-electron chi connectivity index (χ0n) is 8.77. The molecule has 0 fully saturated rings. The number of hydrogen-bond donors (Lipinski definition) is 1. The normalized spacial score (nSPS) is 12.1. The van der Waals surface area contributed by atoms with Gasteiger partial charge in [0.15, 0.2) is 0 Å². The Balaban J connectivity index is 0. The topological polar surface area (TPSA) is 37.3 Å². The zero-order chi connectivity index (χ0) is 9.99. The Bertz CT molecular complexity index is 163. The molecule has 0 bridgehead atoms. The maximum absolute atomic E-state index is 10.5. The summed E-state index contributed by atoms with van der Waals surface area (Å²) in [6.45, 7) is 10.4. The second-order valence-electron chi connectivity index (χ2n) is 5.47. The third kappa shape index (κ3) is 9.38. The minimum Gasteiger partial charge on any atom is -0.481 e. The molecule has 0 aliphatic carbocycles. The molecular weight excluding hydrogens is 164 g/mol. The Hall–Kier alpha value is -0.530. The van der Waals surface area contributed by atoms with Crippen LogP contribution in [0.5, 0.6) is 0 Å². The van der Waals surface area contributed by atoms with Crippen LogP contribution in [0.2, 0.25) is 0 Å². The molecule has 13 heavy (non-hydrogen) atoms. The second kappa shape index (κ2) is 4.64. The highest BCUT2D eigenvalue weighted by atomic mass is 16.4. The standard InChI is InChI=1S/C10H20O2.CH4/c1-9(2,3)7-10(4,5)6-8(11)12;/h6-7H2,1-5H3,(H,11,12);1H4. The SMILES string of the molecule is C.CC(C)(C)CC(C)(C)CC(=O)O. The first kappa shape index (κ1) is 15.0. The molecule has 1 N–H and O–H groups in total. The van der Waals surface area contributed by atoms with Crippen molar-refractivity contribution in [3.63, 3.8) is 0 Å². The zero-order valence-corrected chi connectivity index (χ0v) is 8.77. The fourth-order valence-corrected chi connectivity index (χ4v) is 1.91. The first-order valence-corrected chi connectivity index (χ1v) is 4.34. The van der Waals surface area contributed by atoms with E-state index < -0.39 is 5.97 Å². The Labute approximate surface area is 82.4 Å². The molecule has 0 aromatic heterocycles. The molecule has 0 heterocycles. The summed E-state index contributed by atoms with van der Waals surface area (Å²) in [7, 11) is 0. The predicted octanol–water partition coefficient (Wildman–Crippen LogP) is 3.56. The van der Waals surface area contributed by atoms with E-state index in [1.165, 1.54) is 0 Å². The van der Waals surface area contributed by atoms with Crippen LogP contribution in [0.4, 0.5) is 0 Å². The van der Waals surface area contributed by atoms with E-state index in [0.29, 0.717) is 0 Å². The molecule has 0 amide bonds. The molecule has 0 aromatic rings. The van der Waals surface area contributed by atoms with Gasteiger partial charge in [-0.15, -0.1) is 0 Å². The monoisotopic (exact) mass is 188 g/mol. The molecule has 0 saturated carbocycles. The van der Waals surface area contributed by atoms with Gasteiger partial charge in [-0.1, -0.05) is 42.0 Å². The molecule has 2 nitrogen and oxygen atoms in total. The fourth-order valence-electron chi connectivity index (χ4n) is 1.91. The molecule has 2 heteroatoms. The number of carboxylic acid groups (broad SMARTS) is 1. The molecule has 0 aromatic carbocycles. The van der Waals surface area contributed by atoms with Crippen LogP contribution in [0.25, 0.3) is 0 Å². The summed E-state index contributed by atoms with van der Waals surface area (Å²) in [4.78, 5) is 10.5. The van der Waals surface area contributed by atoms with Crippen molar-refractivity contribution >= 4 is 5.97 Å². The van der Waals surface area contributed by atoms with Crippen molar-refractivity contribution in [1.29, 1.82) is 0 Å². The lowest BCUT2D eigenvalue weighted by Crippen LogP contribution is -2.23. The Morgan fingerprint density at radius 3 is 1.77 bits per heavy atom. The Morgan fingerprint density at radius 1 is 1.15 bits per heavy atom. The van der Waals surface area contributed by atoms with E-state index in [2.05, 4.69) is 20.8 Å². The third-order valence-electron chi connectivity index (χ3n) is 1.64. The largest absolute Gasteiger partial charge is 0.481 e. The smallest absolute Gasteiger partial charge is 0.303 e. The summed E-state index contributed by atoms with van der Waals surface area (Å²) >= 11 is 0. The summed E-state index contributed by atoms with van der Waals surface area (Å²) in [5.74, 6) is -0.704. The van der Waals surface area contributed by atoms with Gasteiger partial charge in [0.1, 0.15) is 0 Å². The van der Waals surface area contributed by atoms with Crippen molar-refractivity contribution in [2.24, 2.45) is 10.8 Å². The van der Waals surface area contributed by atoms with Gasteiger partial charge in [-0.3, -0.25) is 4.79 Å². The van der Waals surface area contributed by atoms with Crippen LogP contribution in [-0.2, 0) is 4.79 Å². The Kier molecular flexibility index (Phi) is 5.34. The maximum atomic E-state index is 10.5. The van der Waals surface area contributed by atoms with Crippen LogP contribution in [0.3, 0.4) is 0 Å². The van der Waals surface area contributed by atoms with Gasteiger partial charge < -0.3 is 5.11 Å². The predicted molar refractivity (Wildman–Crippen MR) is 56.8 cm³/mol. The van der Waals surface area contributed by atoms with Crippen LogP contribution < -0.4 is 0 Å². The van der Waals surface area contributed by atoms with E-state index in [0.717, 1.165) is 6.42 Å². The van der Waals surface area contributed by atoms with Crippen molar-refractivity contribution in [3.8, 4) is 0 Å². The van der Waals surface area contributed by atoms with Crippen LogP contribution in [0.15, 0.2) is 0 Å². The van der Waals surface area contributed by atoms with E-state index >= 15 is 0 Å². The summed E-state index contributed by atoms with van der Waals surface area (Å²) in [5, 5.41) is 8.65. The van der Waals surface area contributed by atoms with Crippen LogP contribution in [0, 0.1) is 10.8 Å². The molecular formula is C11H24O2. The lowest BCUT2D eigenvalue weighted by molar-refractivity contribution is -0.139. The lowest BCUT2D eigenvalue weighted by atomic mass is 9.74. The number of carbonyl (C=O) groups is 1. The highest BCUT2D eigenvalue weighted by Gasteiger charge is 2.27. The second-order valence-corrected chi connectivity index (χ2v) is 5.47. The van der Waals surface area contributed by atoms with Crippen molar-refractivity contribution in [2.45, 2.75) is 54.9 Å². The van der Waals surface area contributed by atoms with Gasteiger partial charge in [0, 0.05) is 0 Å². The van der Waals surface area contributed by atoms with Crippen LogP contribution in [0.1, 0.15) is 54.9 Å². The summed E-state index contributed by atoms with van der Waals surface area (Å²) in [6, 6.07) is 0. The van der Waals surface area contributed by atoms with E-state index in [4.69, 9.17) is 5.11 Å². The van der Waals surface area contributed by atoms with Gasteiger partial charge in [-0.25, -0.2) is 0 Å². The number of hydrogen-bond acceptors (Lipinski definition) is 1. The third-order valence-corrected chi connectivity index (χ3v) is 1.64. The van der Waals surface area contributed by atoms with Gasteiger partial charge >= 0.3 is 5.97 Å². The molecule has 0 aliphatic rings. The van der Waals surface area contributed by atoms with Gasteiger partial charge in [0.2, 0.25) is 0 Å². The minimum atomic E-state index is -0.704. The van der Waals surface area contributed by atoms with Gasteiger partial charge in [0.25, 0.3) is 0 Å². The first-order chi connectivity index (χ1) is 5.12. The van der Waals surface area contributed by atoms with Crippen molar-refractivity contribution in [1.82, 2.24) is 0 Å². The molecule has 0 saturated heterocycles. The fraction of sp³-hybridized carbons (Fsp3) is 0.909. The minimum absolute atomic E-state index is 0. The summed E-state index contributed by atoms with van der Waals surface area (Å²) in [5.41, 5.74) is 0.114. The number of rotatable bonds is 3. The van der Waals surface area contributed by atoms with Crippen LogP contribution in [-0.4, -0.2) is 11.1 Å². The highest BCUT2D eigenvalue weighted by Crippen LogP contribution is 2.35. The molecule has 0 unspecified atom stereocenters. The molecule has 0 atom stereocenters. The molecule has 0 aliphatic heterocycles. The van der Waals surface area contributed by atoms with E-state index in [1.54, 1.807) is 0 Å². The average molecular weight is 188 g/mol. The average Bonchev–Trinajstić information content (AvgIpc) is 1.48. The van der Waals surface area contributed by atoms with Crippen molar-refractivity contribution < 1.29 is 9.90 Å². The Morgan fingerprint density at radius 2 is 1.54 bits per heavy atom.